The highest BCUT2D eigenvalue weighted by atomic mass is 127. The fourth-order valence-electron chi connectivity index (χ4n) is 2.21. The Kier molecular flexibility index (Phi) is 3.26. The topological polar surface area (TPSA) is 29.5 Å². The van der Waals surface area contributed by atoms with Crippen LogP contribution >= 0.6 is 22.6 Å². The summed E-state index contributed by atoms with van der Waals surface area (Å²) < 4.78 is 6.64. The Balaban J connectivity index is 1.92. The van der Waals surface area contributed by atoms with E-state index < -0.39 is 6.10 Å². The van der Waals surface area contributed by atoms with E-state index in [-0.39, 0.29) is 0 Å². The van der Waals surface area contributed by atoms with Crippen LogP contribution in [0.25, 0.3) is 0 Å². The van der Waals surface area contributed by atoms with Gasteiger partial charge in [-0.3, -0.25) is 0 Å². The summed E-state index contributed by atoms with van der Waals surface area (Å²) >= 11 is 2.26. The van der Waals surface area contributed by atoms with Crippen LogP contribution in [0.1, 0.15) is 22.8 Å². The zero-order valence-corrected chi connectivity index (χ0v) is 11.9. The minimum absolute atomic E-state index is 0.562. The van der Waals surface area contributed by atoms with Crippen molar-refractivity contribution in [2.75, 3.05) is 6.61 Å². The maximum atomic E-state index is 10.4. The molecule has 0 spiro atoms. The molecule has 92 valence electrons. The molecular weight excluding hydrogens is 339 g/mol. The van der Waals surface area contributed by atoms with Crippen molar-refractivity contribution in [3.63, 3.8) is 0 Å². The van der Waals surface area contributed by atoms with Gasteiger partial charge < -0.3 is 9.84 Å². The van der Waals surface area contributed by atoms with E-state index in [1.165, 1.54) is 9.13 Å². The van der Waals surface area contributed by atoms with Crippen molar-refractivity contribution in [1.29, 1.82) is 0 Å². The zero-order valence-electron chi connectivity index (χ0n) is 9.77. The second-order valence-electron chi connectivity index (χ2n) is 4.42. The lowest BCUT2D eigenvalue weighted by Crippen LogP contribution is -2.00. The predicted octanol–water partition coefficient (Wildman–Crippen LogP) is 3.31. The number of ether oxygens (including phenoxy) is 1. The molecule has 0 amide bonds. The number of hydrogen-bond acceptors (Lipinski definition) is 2. The highest BCUT2D eigenvalue weighted by molar-refractivity contribution is 14.1. The number of fused-ring (bicyclic) bond motifs is 1. The van der Waals surface area contributed by atoms with Crippen LogP contribution in [0.2, 0.25) is 0 Å². The van der Waals surface area contributed by atoms with E-state index >= 15 is 0 Å². The minimum atomic E-state index is -0.562. The summed E-state index contributed by atoms with van der Waals surface area (Å²) in [4.78, 5) is 0. The Morgan fingerprint density at radius 2 is 1.78 bits per heavy atom. The largest absolute Gasteiger partial charge is 0.493 e. The number of rotatable bonds is 2. The van der Waals surface area contributed by atoms with Gasteiger partial charge in [-0.25, -0.2) is 0 Å². The maximum Gasteiger partial charge on any atom is 0.122 e. The number of halogens is 1. The predicted molar refractivity (Wildman–Crippen MR) is 78.9 cm³/mol. The zero-order chi connectivity index (χ0) is 12.5. The Morgan fingerprint density at radius 3 is 2.56 bits per heavy atom. The molecule has 1 N–H and O–H groups in total. The molecule has 2 nitrogen and oxygen atoms in total. The van der Waals surface area contributed by atoms with Gasteiger partial charge in [-0.15, -0.1) is 0 Å². The Hall–Kier alpha value is -1.07. The molecule has 1 atom stereocenters. The molecule has 1 aliphatic rings. The standard InChI is InChI=1S/C15H13IO2/c16-13-4-1-10(2-5-13)15(17)12-3-6-14-11(9-12)7-8-18-14/h1-6,9,15,17H,7-8H2. The minimum Gasteiger partial charge on any atom is -0.493 e. The molecule has 3 heteroatoms. The second kappa shape index (κ2) is 4.90. The Labute approximate surface area is 120 Å². The molecular formula is C15H13IO2. The van der Waals surface area contributed by atoms with Crippen LogP contribution in [0.5, 0.6) is 5.75 Å². The monoisotopic (exact) mass is 352 g/mol. The smallest absolute Gasteiger partial charge is 0.122 e. The van der Waals surface area contributed by atoms with Crippen molar-refractivity contribution in [2.45, 2.75) is 12.5 Å². The third kappa shape index (κ3) is 2.24. The SMILES string of the molecule is OC(c1ccc(I)cc1)c1ccc2c(c1)CCO2. The van der Waals surface area contributed by atoms with Gasteiger partial charge in [0.1, 0.15) is 11.9 Å². The molecule has 0 saturated carbocycles. The molecule has 18 heavy (non-hydrogen) atoms. The Morgan fingerprint density at radius 1 is 1.06 bits per heavy atom. The summed E-state index contributed by atoms with van der Waals surface area (Å²) in [5, 5.41) is 10.4. The van der Waals surface area contributed by atoms with Gasteiger partial charge in [-0.1, -0.05) is 18.2 Å². The number of aliphatic hydroxyl groups is 1. The van der Waals surface area contributed by atoms with E-state index in [4.69, 9.17) is 4.74 Å². The van der Waals surface area contributed by atoms with Gasteiger partial charge in [-0.05, 0) is 63.5 Å². The summed E-state index contributed by atoms with van der Waals surface area (Å²) in [5.41, 5.74) is 3.05. The molecule has 1 unspecified atom stereocenters. The average molecular weight is 352 g/mol. The van der Waals surface area contributed by atoms with Crippen molar-refractivity contribution >= 4 is 22.6 Å². The maximum absolute atomic E-state index is 10.4. The van der Waals surface area contributed by atoms with Crippen molar-refractivity contribution in [3.8, 4) is 5.75 Å². The second-order valence-corrected chi connectivity index (χ2v) is 5.67. The van der Waals surface area contributed by atoms with Gasteiger partial charge in [0.25, 0.3) is 0 Å². The van der Waals surface area contributed by atoms with E-state index in [0.717, 1.165) is 29.9 Å². The summed E-state index contributed by atoms with van der Waals surface area (Å²) in [6.45, 7) is 0.748. The molecule has 1 heterocycles. The van der Waals surface area contributed by atoms with Crippen LogP contribution in [-0.2, 0) is 6.42 Å². The lowest BCUT2D eigenvalue weighted by molar-refractivity contribution is 0.220. The van der Waals surface area contributed by atoms with Gasteiger partial charge >= 0.3 is 0 Å². The fourth-order valence-corrected chi connectivity index (χ4v) is 2.57. The molecule has 0 fully saturated rings. The summed E-state index contributed by atoms with van der Waals surface area (Å²) in [7, 11) is 0. The van der Waals surface area contributed by atoms with Crippen LogP contribution in [0, 0.1) is 3.57 Å². The number of benzene rings is 2. The molecule has 0 bridgehead atoms. The molecule has 3 rings (SSSR count). The first kappa shape index (κ1) is 12.0. The summed E-state index contributed by atoms with van der Waals surface area (Å²) in [6.07, 6.45) is 0.371. The molecule has 1 aliphatic heterocycles. The van der Waals surface area contributed by atoms with E-state index in [0.29, 0.717) is 0 Å². The van der Waals surface area contributed by atoms with Gasteiger partial charge in [0.15, 0.2) is 0 Å². The normalized spacial score (nSPS) is 15.0. The molecule has 0 radical (unpaired) electrons. The quantitative estimate of drug-likeness (QED) is 0.841. The van der Waals surface area contributed by atoms with Crippen molar-refractivity contribution in [2.24, 2.45) is 0 Å². The highest BCUT2D eigenvalue weighted by Crippen LogP contribution is 2.30. The third-order valence-corrected chi connectivity index (χ3v) is 3.93. The first-order valence-corrected chi connectivity index (χ1v) is 7.01. The van der Waals surface area contributed by atoms with Gasteiger partial charge in [0.2, 0.25) is 0 Å². The highest BCUT2D eigenvalue weighted by Gasteiger charge is 2.16. The van der Waals surface area contributed by atoms with Crippen LogP contribution in [-0.4, -0.2) is 11.7 Å². The van der Waals surface area contributed by atoms with Crippen molar-refractivity contribution < 1.29 is 9.84 Å². The molecule has 0 aliphatic carbocycles. The van der Waals surface area contributed by atoms with Crippen LogP contribution in [0.15, 0.2) is 42.5 Å². The molecule has 0 saturated heterocycles. The van der Waals surface area contributed by atoms with E-state index in [9.17, 15) is 5.11 Å². The first-order valence-electron chi connectivity index (χ1n) is 5.93. The number of hydrogen-bond donors (Lipinski definition) is 1. The fraction of sp³-hybridized carbons (Fsp3) is 0.200. The summed E-state index contributed by atoms with van der Waals surface area (Å²) in [5.74, 6) is 0.952. The van der Waals surface area contributed by atoms with Gasteiger partial charge in [-0.2, -0.15) is 0 Å². The van der Waals surface area contributed by atoms with Crippen LogP contribution in [0.3, 0.4) is 0 Å². The van der Waals surface area contributed by atoms with Gasteiger partial charge in [0, 0.05) is 9.99 Å². The Bertz CT molecular complexity index is 563. The molecule has 2 aromatic carbocycles. The van der Waals surface area contributed by atoms with E-state index in [1.807, 2.05) is 42.5 Å². The van der Waals surface area contributed by atoms with Crippen LogP contribution in [0.4, 0.5) is 0 Å². The van der Waals surface area contributed by atoms with Gasteiger partial charge in [0.05, 0.1) is 6.61 Å². The van der Waals surface area contributed by atoms with E-state index in [2.05, 4.69) is 22.6 Å². The third-order valence-electron chi connectivity index (χ3n) is 3.21. The first-order chi connectivity index (χ1) is 8.74. The van der Waals surface area contributed by atoms with Crippen LogP contribution < -0.4 is 4.74 Å². The summed E-state index contributed by atoms with van der Waals surface area (Å²) in [6, 6.07) is 13.9. The molecule has 2 aromatic rings. The van der Waals surface area contributed by atoms with E-state index in [1.54, 1.807) is 0 Å². The average Bonchev–Trinajstić information content (AvgIpc) is 2.86. The van der Waals surface area contributed by atoms with Crippen molar-refractivity contribution in [1.82, 2.24) is 0 Å². The lowest BCUT2D eigenvalue weighted by atomic mass is 9.99. The van der Waals surface area contributed by atoms with Crippen molar-refractivity contribution in [3.05, 3.63) is 62.7 Å². The number of aliphatic hydroxyl groups excluding tert-OH is 1. The lowest BCUT2D eigenvalue weighted by Gasteiger charge is -2.12. The molecule has 0 aromatic heterocycles.